The largest absolute Gasteiger partial charge is 0.398 e. The molecule has 1 aromatic carbocycles. The Bertz CT molecular complexity index is 741. The molecule has 0 bridgehead atoms. The van der Waals surface area contributed by atoms with Crippen LogP contribution in [0.4, 0.5) is 5.69 Å². The average Bonchev–Trinajstić information content (AvgIpc) is 2.36. The minimum absolute atomic E-state index is 0.0229. The Morgan fingerprint density at radius 1 is 1.19 bits per heavy atom. The number of hydrogen-bond donors (Lipinski definition) is 2. The Morgan fingerprint density at radius 2 is 1.76 bits per heavy atom. The van der Waals surface area contributed by atoms with Crippen LogP contribution in [-0.4, -0.2) is 34.4 Å². The lowest BCUT2D eigenvalue weighted by Gasteiger charge is -2.23. The average molecular weight is 332 g/mol. The highest BCUT2D eigenvalue weighted by Crippen LogP contribution is 2.24. The van der Waals surface area contributed by atoms with Gasteiger partial charge in [0.05, 0.1) is 16.4 Å². The van der Waals surface area contributed by atoms with E-state index in [1.54, 1.807) is 26.0 Å². The third kappa shape index (κ3) is 3.75. The maximum absolute atomic E-state index is 12.5. The van der Waals surface area contributed by atoms with Gasteiger partial charge >= 0.3 is 0 Å². The number of sulfone groups is 1. The zero-order valence-electron chi connectivity index (χ0n) is 12.1. The first-order valence-electron chi connectivity index (χ1n) is 6.70. The van der Waals surface area contributed by atoms with Gasteiger partial charge in [-0.1, -0.05) is 0 Å². The molecule has 0 spiro atoms. The van der Waals surface area contributed by atoms with Crippen LogP contribution in [0.1, 0.15) is 24.0 Å². The smallest absolute Gasteiger partial charge is 0.241 e. The second kappa shape index (κ2) is 5.58. The fourth-order valence-electron chi connectivity index (χ4n) is 2.42. The molecular formula is C13H20N2O4S2. The van der Waals surface area contributed by atoms with Gasteiger partial charge < -0.3 is 5.73 Å². The molecule has 0 aliphatic carbocycles. The quantitative estimate of drug-likeness (QED) is 0.794. The number of nitrogens with one attached hydrogen (secondary N) is 1. The molecule has 1 heterocycles. The van der Waals surface area contributed by atoms with Gasteiger partial charge in [-0.15, -0.1) is 0 Å². The van der Waals surface area contributed by atoms with E-state index < -0.39 is 19.9 Å². The number of aryl methyl sites for hydroxylation is 1. The van der Waals surface area contributed by atoms with Crippen LogP contribution >= 0.6 is 0 Å². The summed E-state index contributed by atoms with van der Waals surface area (Å²) in [6.07, 6.45) is 0.615. The summed E-state index contributed by atoms with van der Waals surface area (Å²) in [5, 5.41) is 0. The summed E-state index contributed by atoms with van der Waals surface area (Å²) in [6, 6.07) is 2.95. The predicted molar refractivity (Wildman–Crippen MR) is 82.3 cm³/mol. The minimum atomic E-state index is -3.70. The lowest BCUT2D eigenvalue weighted by molar-refractivity contribution is 0.505. The van der Waals surface area contributed by atoms with Crippen LogP contribution in [0.15, 0.2) is 17.0 Å². The molecule has 0 saturated carbocycles. The summed E-state index contributed by atoms with van der Waals surface area (Å²) < 4.78 is 50.3. The molecule has 2 rings (SSSR count). The molecule has 1 saturated heterocycles. The fraction of sp³-hybridized carbons (Fsp3) is 0.538. The van der Waals surface area contributed by atoms with Crippen molar-refractivity contribution in [2.75, 3.05) is 17.2 Å². The van der Waals surface area contributed by atoms with Gasteiger partial charge in [0.2, 0.25) is 10.0 Å². The predicted octanol–water partition coefficient (Wildman–Crippen LogP) is 0.741. The summed E-state index contributed by atoms with van der Waals surface area (Å²) in [6.45, 7) is 3.44. The van der Waals surface area contributed by atoms with Crippen LogP contribution in [0.5, 0.6) is 0 Å². The maximum atomic E-state index is 12.5. The Labute approximate surface area is 125 Å². The summed E-state index contributed by atoms with van der Waals surface area (Å²) in [5.41, 5.74) is 7.53. The monoisotopic (exact) mass is 332 g/mol. The van der Waals surface area contributed by atoms with Crippen LogP contribution < -0.4 is 10.5 Å². The molecular weight excluding hydrogens is 312 g/mol. The molecule has 118 valence electrons. The number of rotatable bonds is 3. The Hall–Kier alpha value is -1.12. The van der Waals surface area contributed by atoms with Crippen LogP contribution in [0, 0.1) is 13.8 Å². The van der Waals surface area contributed by atoms with E-state index in [-0.39, 0.29) is 22.4 Å². The van der Waals surface area contributed by atoms with Crippen LogP contribution in [-0.2, 0) is 19.9 Å². The summed E-state index contributed by atoms with van der Waals surface area (Å²) >= 11 is 0. The molecule has 8 heteroatoms. The standard InChI is InChI=1S/C13H20N2O4S2/c1-9-7-12(14)10(2)13(8-9)21(18,19)15-11-3-5-20(16,17)6-4-11/h7-8,11,15H,3-6,14H2,1-2H3. The molecule has 21 heavy (non-hydrogen) atoms. The van der Waals surface area contributed by atoms with Crippen molar-refractivity contribution in [2.45, 2.75) is 37.6 Å². The minimum Gasteiger partial charge on any atom is -0.398 e. The molecule has 0 amide bonds. The highest BCUT2D eigenvalue weighted by Gasteiger charge is 2.28. The van der Waals surface area contributed by atoms with Gasteiger partial charge in [-0.3, -0.25) is 0 Å². The molecule has 0 unspecified atom stereocenters. The number of anilines is 1. The van der Waals surface area contributed by atoms with Gasteiger partial charge in [-0.05, 0) is 49.9 Å². The molecule has 1 aromatic rings. The first-order chi connectivity index (χ1) is 9.61. The lowest BCUT2D eigenvalue weighted by Crippen LogP contribution is -2.41. The summed E-state index contributed by atoms with van der Waals surface area (Å²) in [5.74, 6) is 0.0459. The third-order valence-electron chi connectivity index (χ3n) is 3.71. The summed E-state index contributed by atoms with van der Waals surface area (Å²) in [4.78, 5) is 0.161. The van der Waals surface area contributed by atoms with Crippen molar-refractivity contribution in [3.05, 3.63) is 23.3 Å². The van der Waals surface area contributed by atoms with Gasteiger partial charge in [0.25, 0.3) is 0 Å². The van der Waals surface area contributed by atoms with Crippen molar-refractivity contribution in [3.8, 4) is 0 Å². The van der Waals surface area contributed by atoms with Crippen molar-refractivity contribution in [3.63, 3.8) is 0 Å². The molecule has 0 aromatic heterocycles. The van der Waals surface area contributed by atoms with Crippen molar-refractivity contribution in [2.24, 2.45) is 0 Å². The van der Waals surface area contributed by atoms with E-state index in [1.807, 2.05) is 0 Å². The van der Waals surface area contributed by atoms with Gasteiger partial charge in [0.15, 0.2) is 0 Å². The van der Waals surface area contributed by atoms with Gasteiger partial charge in [0, 0.05) is 11.7 Å². The lowest BCUT2D eigenvalue weighted by atomic mass is 10.1. The van der Waals surface area contributed by atoms with Crippen LogP contribution in [0.25, 0.3) is 0 Å². The Morgan fingerprint density at radius 3 is 2.33 bits per heavy atom. The van der Waals surface area contributed by atoms with Gasteiger partial charge in [0.1, 0.15) is 9.84 Å². The van der Waals surface area contributed by atoms with E-state index in [9.17, 15) is 16.8 Å². The zero-order valence-corrected chi connectivity index (χ0v) is 13.7. The normalized spacial score (nSPS) is 19.5. The van der Waals surface area contributed by atoms with E-state index in [0.717, 1.165) is 5.56 Å². The summed E-state index contributed by atoms with van der Waals surface area (Å²) in [7, 11) is -6.71. The highest BCUT2D eigenvalue weighted by atomic mass is 32.2. The van der Waals surface area contributed by atoms with Crippen molar-refractivity contribution in [1.29, 1.82) is 0 Å². The highest BCUT2D eigenvalue weighted by molar-refractivity contribution is 7.91. The SMILES string of the molecule is Cc1cc(N)c(C)c(S(=O)(=O)NC2CCS(=O)(=O)CC2)c1. The van der Waals surface area contributed by atoms with Crippen LogP contribution in [0.2, 0.25) is 0 Å². The molecule has 0 atom stereocenters. The van der Waals surface area contributed by atoms with E-state index in [4.69, 9.17) is 5.73 Å². The van der Waals surface area contributed by atoms with Gasteiger partial charge in [-0.25, -0.2) is 21.6 Å². The van der Waals surface area contributed by atoms with Crippen molar-refractivity contribution >= 4 is 25.5 Å². The topological polar surface area (TPSA) is 106 Å². The first kappa shape index (κ1) is 16.3. The number of hydrogen-bond acceptors (Lipinski definition) is 5. The molecule has 3 N–H and O–H groups in total. The first-order valence-corrected chi connectivity index (χ1v) is 10.0. The maximum Gasteiger partial charge on any atom is 0.241 e. The number of nitrogens with two attached hydrogens (primary N) is 1. The molecule has 1 aliphatic rings. The zero-order chi connectivity index (χ0) is 15.8. The molecule has 1 fully saturated rings. The van der Waals surface area contributed by atoms with Gasteiger partial charge in [-0.2, -0.15) is 0 Å². The number of benzene rings is 1. The number of sulfonamides is 1. The Kier molecular flexibility index (Phi) is 4.32. The van der Waals surface area contributed by atoms with Crippen LogP contribution in [0.3, 0.4) is 0 Å². The molecule has 1 aliphatic heterocycles. The van der Waals surface area contributed by atoms with E-state index in [2.05, 4.69) is 4.72 Å². The fourth-order valence-corrected chi connectivity index (χ4v) is 5.58. The molecule has 6 nitrogen and oxygen atoms in total. The van der Waals surface area contributed by atoms with E-state index in [0.29, 0.717) is 24.1 Å². The van der Waals surface area contributed by atoms with E-state index in [1.165, 1.54) is 0 Å². The molecule has 0 radical (unpaired) electrons. The van der Waals surface area contributed by atoms with Crippen molar-refractivity contribution < 1.29 is 16.8 Å². The van der Waals surface area contributed by atoms with Crippen molar-refractivity contribution in [1.82, 2.24) is 4.72 Å². The second-order valence-corrected chi connectivity index (χ2v) is 9.51. The Balaban J connectivity index is 2.24. The third-order valence-corrected chi connectivity index (χ3v) is 7.07. The number of nitrogen functional groups attached to an aromatic ring is 1. The second-order valence-electron chi connectivity index (χ2n) is 5.52. The van der Waals surface area contributed by atoms with E-state index >= 15 is 0 Å².